The Morgan fingerprint density at radius 3 is 2.57 bits per heavy atom. The number of halogens is 2. The summed E-state index contributed by atoms with van der Waals surface area (Å²) in [6.45, 7) is 4.86. The first-order valence-corrected chi connectivity index (χ1v) is 11.4. The summed E-state index contributed by atoms with van der Waals surface area (Å²) in [6.07, 6.45) is 4.18. The van der Waals surface area contributed by atoms with Crippen molar-refractivity contribution < 1.29 is 21.4 Å². The molecular weight excluding hydrogens is 410 g/mol. The number of rotatable bonds is 5. The molecule has 3 aromatic rings. The Morgan fingerprint density at radius 1 is 1.13 bits per heavy atom. The van der Waals surface area contributed by atoms with Gasteiger partial charge in [0.15, 0.2) is 11.6 Å². The fourth-order valence-corrected chi connectivity index (χ4v) is 5.12. The van der Waals surface area contributed by atoms with Crippen LogP contribution in [0.3, 0.4) is 0 Å². The highest BCUT2D eigenvalue weighted by Crippen LogP contribution is 2.36. The van der Waals surface area contributed by atoms with Gasteiger partial charge in [-0.3, -0.25) is 0 Å². The topological polar surface area (TPSA) is 51.5 Å². The van der Waals surface area contributed by atoms with Crippen LogP contribution in [-0.4, -0.2) is 38.0 Å². The van der Waals surface area contributed by atoms with Crippen LogP contribution in [0.15, 0.2) is 47.5 Å². The molecule has 2 heterocycles. The van der Waals surface area contributed by atoms with Crippen LogP contribution in [-0.2, 0) is 16.7 Å². The molecule has 0 amide bonds. The lowest BCUT2D eigenvalue weighted by molar-refractivity contribution is 0.256. The third kappa shape index (κ3) is 3.81. The highest BCUT2D eigenvalue weighted by atomic mass is 32.2. The summed E-state index contributed by atoms with van der Waals surface area (Å²) in [6, 6.07) is 8.03. The van der Waals surface area contributed by atoms with E-state index in [0.717, 1.165) is 61.6 Å². The normalized spacial score (nSPS) is 16.3. The fourth-order valence-electron chi connectivity index (χ4n) is 4.11. The lowest BCUT2D eigenvalue weighted by Gasteiger charge is -2.28. The number of piperidine rings is 1. The third-order valence-electron chi connectivity index (χ3n) is 5.77. The first kappa shape index (κ1) is 20.8. The monoisotopic (exact) mass is 434 g/mol. The van der Waals surface area contributed by atoms with Gasteiger partial charge in [0.1, 0.15) is 10.6 Å². The molecule has 2 aromatic carbocycles. The largest absolute Gasteiger partial charge is 0.379 e. The van der Waals surface area contributed by atoms with Crippen LogP contribution in [0.2, 0.25) is 0 Å². The molecule has 0 saturated carbocycles. The summed E-state index contributed by atoms with van der Waals surface area (Å²) in [5.41, 5.74) is 2.16. The summed E-state index contributed by atoms with van der Waals surface area (Å²) >= 11 is 0. The molecule has 1 aliphatic rings. The predicted molar refractivity (Wildman–Crippen MR) is 111 cm³/mol. The zero-order valence-corrected chi connectivity index (χ0v) is 17.8. The van der Waals surface area contributed by atoms with Crippen LogP contribution < -0.4 is 4.18 Å². The Labute approximate surface area is 175 Å². The summed E-state index contributed by atoms with van der Waals surface area (Å²) in [4.78, 5) is 1.48. The van der Waals surface area contributed by atoms with E-state index in [1.54, 1.807) is 12.1 Å². The number of aryl methyl sites for hydroxylation is 1. The highest BCUT2D eigenvalue weighted by Gasteiger charge is 2.26. The van der Waals surface area contributed by atoms with Crippen LogP contribution in [0.1, 0.15) is 31.2 Å². The third-order valence-corrected chi connectivity index (χ3v) is 7.04. The second-order valence-corrected chi connectivity index (χ2v) is 9.23. The average Bonchev–Trinajstić information content (AvgIpc) is 3.08. The predicted octanol–water partition coefficient (Wildman–Crippen LogP) is 4.52. The van der Waals surface area contributed by atoms with Crippen molar-refractivity contribution in [2.45, 2.75) is 37.1 Å². The van der Waals surface area contributed by atoms with Crippen LogP contribution in [0, 0.1) is 11.6 Å². The van der Waals surface area contributed by atoms with Crippen molar-refractivity contribution in [2.24, 2.45) is 0 Å². The molecule has 0 atom stereocenters. The molecule has 160 valence electrons. The molecule has 0 radical (unpaired) electrons. The number of benzene rings is 2. The van der Waals surface area contributed by atoms with Gasteiger partial charge in [-0.1, -0.05) is 6.07 Å². The molecule has 0 unspecified atom stereocenters. The standard InChI is InChI=1S/C22H24F2N2O3S/c1-3-26-14-18(15-9-11-25(2)12-10-15)17-13-16(7-8-20(17)26)29-30(27,28)21-6-4-5-19(23)22(21)24/h4-8,13-15H,3,9-12H2,1-2H3. The lowest BCUT2D eigenvalue weighted by Crippen LogP contribution is -2.29. The smallest absolute Gasteiger partial charge is 0.342 e. The average molecular weight is 435 g/mol. The maximum absolute atomic E-state index is 14.0. The van der Waals surface area contributed by atoms with Gasteiger partial charge in [-0.2, -0.15) is 8.42 Å². The maximum atomic E-state index is 14.0. The van der Waals surface area contributed by atoms with Crippen LogP contribution in [0.4, 0.5) is 8.78 Å². The van der Waals surface area contributed by atoms with E-state index in [-0.39, 0.29) is 5.75 Å². The molecule has 1 aliphatic heterocycles. The van der Waals surface area contributed by atoms with E-state index in [1.807, 2.05) is 6.07 Å². The number of hydrogen-bond donors (Lipinski definition) is 0. The second kappa shape index (κ2) is 8.00. The molecule has 0 N–H and O–H groups in total. The van der Waals surface area contributed by atoms with E-state index >= 15 is 0 Å². The minimum absolute atomic E-state index is 0.0780. The summed E-state index contributed by atoms with van der Waals surface area (Å²) in [5, 5.41) is 0.929. The van der Waals surface area contributed by atoms with E-state index in [4.69, 9.17) is 4.18 Å². The van der Waals surface area contributed by atoms with E-state index in [2.05, 4.69) is 29.6 Å². The fraction of sp³-hybridized carbons (Fsp3) is 0.364. The summed E-state index contributed by atoms with van der Waals surface area (Å²) in [7, 11) is -2.40. The quantitative estimate of drug-likeness (QED) is 0.554. The van der Waals surface area contributed by atoms with Gasteiger partial charge < -0.3 is 13.7 Å². The Hall–Kier alpha value is -2.45. The van der Waals surface area contributed by atoms with Gasteiger partial charge in [-0.15, -0.1) is 0 Å². The van der Waals surface area contributed by atoms with Crippen molar-refractivity contribution in [3.8, 4) is 5.75 Å². The zero-order chi connectivity index (χ0) is 21.5. The van der Waals surface area contributed by atoms with E-state index in [0.29, 0.717) is 5.92 Å². The molecule has 30 heavy (non-hydrogen) atoms. The minimum Gasteiger partial charge on any atom is -0.379 e. The second-order valence-electron chi connectivity index (χ2n) is 7.72. The molecule has 0 bridgehead atoms. The molecule has 1 saturated heterocycles. The molecule has 4 rings (SSSR count). The lowest BCUT2D eigenvalue weighted by atomic mass is 9.89. The van der Waals surface area contributed by atoms with Gasteiger partial charge >= 0.3 is 10.1 Å². The molecule has 8 heteroatoms. The molecule has 1 aromatic heterocycles. The van der Waals surface area contributed by atoms with Crippen LogP contribution in [0.25, 0.3) is 10.9 Å². The van der Waals surface area contributed by atoms with Crippen molar-refractivity contribution in [1.82, 2.24) is 9.47 Å². The van der Waals surface area contributed by atoms with Gasteiger partial charge in [-0.05, 0) is 81.7 Å². The number of aromatic nitrogens is 1. The van der Waals surface area contributed by atoms with Crippen molar-refractivity contribution in [1.29, 1.82) is 0 Å². The molecule has 0 aliphatic carbocycles. The SMILES string of the molecule is CCn1cc(C2CCN(C)CC2)c2cc(OS(=O)(=O)c3cccc(F)c3F)ccc21. The Kier molecular flexibility index (Phi) is 5.55. The van der Waals surface area contributed by atoms with Gasteiger partial charge in [0.25, 0.3) is 0 Å². The first-order chi connectivity index (χ1) is 14.3. The number of nitrogens with zero attached hydrogens (tertiary/aromatic N) is 2. The van der Waals surface area contributed by atoms with Crippen LogP contribution >= 0.6 is 0 Å². The van der Waals surface area contributed by atoms with Gasteiger partial charge in [0.2, 0.25) is 0 Å². The highest BCUT2D eigenvalue weighted by molar-refractivity contribution is 7.87. The summed E-state index contributed by atoms with van der Waals surface area (Å²) < 4.78 is 59.9. The van der Waals surface area contributed by atoms with Crippen LogP contribution in [0.5, 0.6) is 5.75 Å². The van der Waals surface area contributed by atoms with Gasteiger partial charge in [0, 0.05) is 23.6 Å². The number of fused-ring (bicyclic) bond motifs is 1. The van der Waals surface area contributed by atoms with Crippen molar-refractivity contribution in [3.63, 3.8) is 0 Å². The van der Waals surface area contributed by atoms with Gasteiger partial charge in [0.05, 0.1) is 0 Å². The van der Waals surface area contributed by atoms with E-state index in [1.165, 1.54) is 5.56 Å². The molecule has 0 spiro atoms. The Morgan fingerprint density at radius 2 is 1.87 bits per heavy atom. The van der Waals surface area contributed by atoms with Crippen molar-refractivity contribution in [3.05, 3.63) is 59.8 Å². The number of likely N-dealkylation sites (tertiary alicyclic amines) is 1. The molecule has 5 nitrogen and oxygen atoms in total. The first-order valence-electron chi connectivity index (χ1n) is 10.00. The molecular formula is C22H24F2N2O3S. The van der Waals surface area contributed by atoms with E-state index in [9.17, 15) is 17.2 Å². The number of hydrogen-bond acceptors (Lipinski definition) is 4. The van der Waals surface area contributed by atoms with Crippen molar-refractivity contribution >= 4 is 21.0 Å². The summed E-state index contributed by atoms with van der Waals surface area (Å²) in [5.74, 6) is -2.22. The minimum atomic E-state index is -4.51. The molecule has 1 fully saturated rings. The van der Waals surface area contributed by atoms with Crippen molar-refractivity contribution in [2.75, 3.05) is 20.1 Å². The van der Waals surface area contributed by atoms with Gasteiger partial charge in [-0.25, -0.2) is 8.78 Å². The Bertz CT molecular complexity index is 1180. The Balaban J connectivity index is 1.72. The van der Waals surface area contributed by atoms with E-state index < -0.39 is 26.6 Å². The zero-order valence-electron chi connectivity index (χ0n) is 16.9. The maximum Gasteiger partial charge on any atom is 0.342 e.